The summed E-state index contributed by atoms with van der Waals surface area (Å²) in [6.45, 7) is 2.53. The number of methoxy groups -OCH3 is 1. The number of amides is 1. The number of ether oxygens (including phenoxy) is 1. The number of pyridine rings is 1. The molecule has 31 heavy (non-hydrogen) atoms. The van der Waals surface area contributed by atoms with Crippen molar-refractivity contribution in [2.75, 3.05) is 7.11 Å². The molecule has 0 spiro atoms. The number of rotatable bonds is 7. The van der Waals surface area contributed by atoms with Crippen LogP contribution in [0.4, 0.5) is 0 Å². The molecule has 1 saturated carbocycles. The zero-order chi connectivity index (χ0) is 21.4. The maximum Gasteiger partial charge on any atom is 0.259 e. The summed E-state index contributed by atoms with van der Waals surface area (Å²) in [5, 5.41) is 12.2. The molecule has 158 valence electrons. The minimum Gasteiger partial charge on any atom is -0.497 e. The van der Waals surface area contributed by atoms with Gasteiger partial charge in [0.15, 0.2) is 0 Å². The Morgan fingerprint density at radius 1 is 1.32 bits per heavy atom. The summed E-state index contributed by atoms with van der Waals surface area (Å²) >= 11 is 0. The Kier molecular flexibility index (Phi) is 4.89. The molecule has 1 N–H and O–H groups in total. The largest absolute Gasteiger partial charge is 0.497 e. The molecule has 1 atom stereocenters. The van der Waals surface area contributed by atoms with E-state index >= 15 is 0 Å². The van der Waals surface area contributed by atoms with Crippen molar-refractivity contribution in [1.29, 1.82) is 0 Å². The van der Waals surface area contributed by atoms with E-state index in [-0.39, 0.29) is 11.9 Å². The predicted octanol–water partition coefficient (Wildman–Crippen LogP) is 3.79. The van der Waals surface area contributed by atoms with Crippen molar-refractivity contribution < 1.29 is 14.1 Å². The van der Waals surface area contributed by atoms with Crippen LogP contribution >= 0.6 is 0 Å². The van der Waals surface area contributed by atoms with E-state index in [0.717, 1.165) is 24.1 Å². The summed E-state index contributed by atoms with van der Waals surface area (Å²) in [6.07, 6.45) is 5.75. The standard InChI is InChI=1S/C23H23N5O3/c1-14(13-28-10-4-9-24-28)25-22(29)18-12-19(15-7-8-15)26-23-20(18)21(27-31-23)16-5-3-6-17(11-16)30-2/h3-6,9-12,14-15H,7-8,13H2,1-2H3,(H,25,29). The SMILES string of the molecule is COc1cccc(-c2noc3nc(C4CC4)cc(C(=O)NC(C)Cn4cccn4)c23)c1. The quantitative estimate of drug-likeness (QED) is 0.492. The van der Waals surface area contributed by atoms with E-state index in [0.29, 0.717) is 40.6 Å². The number of aromatic nitrogens is 4. The fraction of sp³-hybridized carbons (Fsp3) is 0.304. The summed E-state index contributed by atoms with van der Waals surface area (Å²) in [7, 11) is 1.61. The predicted molar refractivity (Wildman–Crippen MR) is 115 cm³/mol. The zero-order valence-corrected chi connectivity index (χ0v) is 17.4. The Labute approximate surface area is 179 Å². The summed E-state index contributed by atoms with van der Waals surface area (Å²) < 4.78 is 12.7. The Balaban J connectivity index is 1.54. The molecule has 0 aliphatic heterocycles. The van der Waals surface area contributed by atoms with Gasteiger partial charge in [0.05, 0.1) is 24.6 Å². The summed E-state index contributed by atoms with van der Waals surface area (Å²) in [6, 6.07) is 11.2. The number of hydrogen-bond acceptors (Lipinski definition) is 6. The van der Waals surface area contributed by atoms with Gasteiger partial charge < -0.3 is 14.6 Å². The number of nitrogens with one attached hydrogen (secondary N) is 1. The first kappa shape index (κ1) is 19.3. The molecule has 3 aromatic heterocycles. The molecule has 1 fully saturated rings. The smallest absolute Gasteiger partial charge is 0.259 e. The fourth-order valence-corrected chi connectivity index (χ4v) is 3.74. The van der Waals surface area contributed by atoms with E-state index in [1.165, 1.54) is 0 Å². The van der Waals surface area contributed by atoms with Crippen molar-refractivity contribution in [2.24, 2.45) is 0 Å². The van der Waals surface area contributed by atoms with Crippen LogP contribution in [0.15, 0.2) is 53.3 Å². The first-order chi connectivity index (χ1) is 15.1. The van der Waals surface area contributed by atoms with Gasteiger partial charge >= 0.3 is 0 Å². The summed E-state index contributed by atoms with van der Waals surface area (Å²) in [4.78, 5) is 18.0. The minimum absolute atomic E-state index is 0.111. The average Bonchev–Trinajstić information content (AvgIpc) is 3.34. The van der Waals surface area contributed by atoms with Crippen LogP contribution in [0.5, 0.6) is 5.75 Å². The lowest BCUT2D eigenvalue weighted by molar-refractivity contribution is 0.0937. The maximum atomic E-state index is 13.3. The van der Waals surface area contributed by atoms with Crippen LogP contribution in [0.25, 0.3) is 22.4 Å². The first-order valence-corrected chi connectivity index (χ1v) is 10.4. The molecule has 1 aromatic carbocycles. The monoisotopic (exact) mass is 417 g/mol. The van der Waals surface area contributed by atoms with Crippen molar-refractivity contribution in [2.45, 2.75) is 38.3 Å². The van der Waals surface area contributed by atoms with E-state index < -0.39 is 0 Å². The molecule has 8 heteroatoms. The van der Waals surface area contributed by atoms with Gasteiger partial charge in [-0.15, -0.1) is 0 Å². The lowest BCUT2D eigenvalue weighted by Crippen LogP contribution is -2.36. The summed E-state index contributed by atoms with van der Waals surface area (Å²) in [5.41, 5.74) is 3.17. The number of benzene rings is 1. The van der Waals surface area contributed by atoms with Gasteiger partial charge in [-0.3, -0.25) is 9.48 Å². The molecular weight excluding hydrogens is 394 g/mol. The van der Waals surface area contributed by atoms with Gasteiger partial charge in [0.1, 0.15) is 11.4 Å². The van der Waals surface area contributed by atoms with Crippen molar-refractivity contribution in [3.8, 4) is 17.0 Å². The van der Waals surface area contributed by atoms with Crippen LogP contribution in [0, 0.1) is 0 Å². The highest BCUT2D eigenvalue weighted by atomic mass is 16.5. The number of carbonyl (C=O) groups excluding carboxylic acids is 1. The van der Waals surface area contributed by atoms with E-state index in [9.17, 15) is 4.79 Å². The molecule has 1 aliphatic rings. The number of hydrogen-bond donors (Lipinski definition) is 1. The number of nitrogens with zero attached hydrogens (tertiary/aromatic N) is 4. The molecular formula is C23H23N5O3. The molecule has 4 aromatic rings. The lowest BCUT2D eigenvalue weighted by Gasteiger charge is -2.15. The van der Waals surface area contributed by atoms with Crippen LogP contribution in [0.2, 0.25) is 0 Å². The zero-order valence-electron chi connectivity index (χ0n) is 17.4. The van der Waals surface area contributed by atoms with Crippen LogP contribution < -0.4 is 10.1 Å². The molecule has 8 nitrogen and oxygen atoms in total. The van der Waals surface area contributed by atoms with Gasteiger partial charge in [0, 0.05) is 35.6 Å². The van der Waals surface area contributed by atoms with Crippen molar-refractivity contribution >= 4 is 17.0 Å². The Morgan fingerprint density at radius 2 is 2.19 bits per heavy atom. The topological polar surface area (TPSA) is 95.1 Å². The van der Waals surface area contributed by atoms with Crippen LogP contribution in [0.3, 0.4) is 0 Å². The fourth-order valence-electron chi connectivity index (χ4n) is 3.74. The van der Waals surface area contributed by atoms with E-state index in [1.54, 1.807) is 18.0 Å². The van der Waals surface area contributed by atoms with Crippen LogP contribution in [-0.4, -0.2) is 39.0 Å². The Morgan fingerprint density at radius 3 is 2.94 bits per heavy atom. The van der Waals surface area contributed by atoms with Crippen LogP contribution in [-0.2, 0) is 6.54 Å². The average molecular weight is 417 g/mol. The van der Waals surface area contributed by atoms with Crippen molar-refractivity contribution in [3.05, 3.63) is 60.0 Å². The van der Waals surface area contributed by atoms with E-state index in [4.69, 9.17) is 9.26 Å². The molecule has 0 bridgehead atoms. The van der Waals surface area contributed by atoms with Crippen molar-refractivity contribution in [1.82, 2.24) is 25.2 Å². The van der Waals surface area contributed by atoms with Gasteiger partial charge in [0.25, 0.3) is 11.6 Å². The third-order valence-corrected chi connectivity index (χ3v) is 5.45. The molecule has 1 unspecified atom stereocenters. The van der Waals surface area contributed by atoms with Crippen LogP contribution in [0.1, 0.15) is 41.7 Å². The second-order valence-electron chi connectivity index (χ2n) is 7.91. The molecule has 1 aliphatic carbocycles. The van der Waals surface area contributed by atoms with E-state index in [2.05, 4.69) is 20.6 Å². The van der Waals surface area contributed by atoms with Crippen molar-refractivity contribution in [3.63, 3.8) is 0 Å². The van der Waals surface area contributed by atoms with Gasteiger partial charge in [-0.05, 0) is 44.0 Å². The maximum absolute atomic E-state index is 13.3. The second kappa shape index (κ2) is 7.86. The number of fused-ring (bicyclic) bond motifs is 1. The Hall–Kier alpha value is -3.68. The number of carbonyl (C=O) groups is 1. The van der Waals surface area contributed by atoms with E-state index in [1.807, 2.05) is 49.5 Å². The second-order valence-corrected chi connectivity index (χ2v) is 7.91. The molecule has 0 saturated heterocycles. The van der Waals surface area contributed by atoms with Gasteiger partial charge in [-0.2, -0.15) is 5.10 Å². The Bertz CT molecular complexity index is 1230. The minimum atomic E-state index is -0.179. The molecule has 0 radical (unpaired) electrons. The molecule has 1 amide bonds. The first-order valence-electron chi connectivity index (χ1n) is 10.4. The lowest BCUT2D eigenvalue weighted by atomic mass is 10.0. The summed E-state index contributed by atoms with van der Waals surface area (Å²) in [5.74, 6) is 0.902. The highest BCUT2D eigenvalue weighted by molar-refractivity contribution is 6.09. The third kappa shape index (κ3) is 3.88. The molecule has 3 heterocycles. The third-order valence-electron chi connectivity index (χ3n) is 5.45. The normalized spacial score (nSPS) is 14.5. The molecule has 5 rings (SSSR count). The van der Waals surface area contributed by atoms with Gasteiger partial charge in [0.2, 0.25) is 0 Å². The van der Waals surface area contributed by atoms with Gasteiger partial charge in [-0.25, -0.2) is 4.98 Å². The highest BCUT2D eigenvalue weighted by Gasteiger charge is 2.29. The van der Waals surface area contributed by atoms with Gasteiger partial charge in [-0.1, -0.05) is 17.3 Å². The highest BCUT2D eigenvalue weighted by Crippen LogP contribution is 2.41.